The third kappa shape index (κ3) is 5.86. The van der Waals surface area contributed by atoms with E-state index < -0.39 is 6.29 Å². The van der Waals surface area contributed by atoms with Crippen LogP contribution in [0.5, 0.6) is 0 Å². The van der Waals surface area contributed by atoms with Crippen molar-refractivity contribution in [3.63, 3.8) is 0 Å². The third-order valence-electron chi connectivity index (χ3n) is 4.59. The minimum atomic E-state index is -0.539. The second kappa shape index (κ2) is 10.9. The normalized spacial score (nSPS) is 11.3. The number of benzene rings is 2. The van der Waals surface area contributed by atoms with E-state index in [1.54, 1.807) is 23.1 Å². The van der Waals surface area contributed by atoms with Crippen LogP contribution in [0, 0.1) is 0 Å². The van der Waals surface area contributed by atoms with Crippen molar-refractivity contribution in [2.24, 2.45) is 0 Å². The number of rotatable bonds is 10. The molecule has 2 heterocycles. The van der Waals surface area contributed by atoms with Gasteiger partial charge in [0.2, 0.25) is 6.29 Å². The van der Waals surface area contributed by atoms with E-state index >= 15 is 0 Å². The number of ether oxygens (including phenoxy) is 2. The van der Waals surface area contributed by atoms with E-state index in [0.29, 0.717) is 29.9 Å². The Labute approximate surface area is 197 Å². The van der Waals surface area contributed by atoms with Crippen LogP contribution in [0.1, 0.15) is 31.4 Å². The largest absolute Gasteiger partial charge is 0.347 e. The SMILES string of the molecule is Bc1ccc2nc(Nc3cc(C(OCC)OCC)nc(SCc4ccccc4)n3)sc2c1. The highest BCUT2D eigenvalue weighted by Crippen LogP contribution is 2.30. The molecule has 9 heteroatoms. The molecule has 0 saturated heterocycles. The summed E-state index contributed by atoms with van der Waals surface area (Å²) in [5, 5.41) is 4.82. The Morgan fingerprint density at radius 3 is 2.53 bits per heavy atom. The standard InChI is InChI=1S/C23H25BN4O2S2/c1-3-29-21(30-4-2)18-13-20(27-22(26-18)31-14-15-8-6-5-7-9-15)28-23-25-17-11-10-16(24)12-19(17)32-23/h5-13,21H,3-4,14,24H2,1-2H3,(H,25,26,27,28). The summed E-state index contributed by atoms with van der Waals surface area (Å²) in [6.45, 7) is 4.95. The van der Waals surface area contributed by atoms with Gasteiger partial charge in [0.15, 0.2) is 10.3 Å². The van der Waals surface area contributed by atoms with Crippen molar-refractivity contribution in [1.82, 2.24) is 15.0 Å². The van der Waals surface area contributed by atoms with Gasteiger partial charge in [0.25, 0.3) is 0 Å². The molecule has 1 N–H and O–H groups in total. The van der Waals surface area contributed by atoms with E-state index in [0.717, 1.165) is 21.1 Å². The van der Waals surface area contributed by atoms with Gasteiger partial charge < -0.3 is 14.8 Å². The topological polar surface area (TPSA) is 69.2 Å². The predicted molar refractivity (Wildman–Crippen MR) is 135 cm³/mol. The summed E-state index contributed by atoms with van der Waals surface area (Å²) in [5.41, 5.74) is 4.10. The first-order chi connectivity index (χ1) is 15.6. The van der Waals surface area contributed by atoms with Crippen LogP contribution in [0.2, 0.25) is 0 Å². The fourth-order valence-corrected chi connectivity index (χ4v) is 4.92. The quantitative estimate of drug-likeness (QED) is 0.161. The molecule has 4 aromatic rings. The highest BCUT2D eigenvalue weighted by atomic mass is 32.2. The maximum absolute atomic E-state index is 5.79. The fourth-order valence-electron chi connectivity index (χ4n) is 3.13. The summed E-state index contributed by atoms with van der Waals surface area (Å²) in [7, 11) is 2.08. The van der Waals surface area contributed by atoms with Crippen LogP contribution >= 0.6 is 23.1 Å². The molecule has 0 aliphatic rings. The lowest BCUT2D eigenvalue weighted by Crippen LogP contribution is -2.12. The van der Waals surface area contributed by atoms with Gasteiger partial charge >= 0.3 is 0 Å². The van der Waals surface area contributed by atoms with E-state index in [2.05, 4.69) is 37.4 Å². The van der Waals surface area contributed by atoms with E-state index in [1.807, 2.05) is 44.2 Å². The molecule has 0 fully saturated rings. The monoisotopic (exact) mass is 464 g/mol. The van der Waals surface area contributed by atoms with Gasteiger partial charge in [-0.3, -0.25) is 0 Å². The van der Waals surface area contributed by atoms with Crippen molar-refractivity contribution in [1.29, 1.82) is 0 Å². The summed E-state index contributed by atoms with van der Waals surface area (Å²) in [6, 6.07) is 18.4. The number of thiazole rings is 1. The minimum Gasteiger partial charge on any atom is -0.347 e. The molecule has 32 heavy (non-hydrogen) atoms. The molecule has 4 rings (SSSR count). The lowest BCUT2D eigenvalue weighted by Gasteiger charge is -2.17. The summed E-state index contributed by atoms with van der Waals surface area (Å²) in [4.78, 5) is 14.2. The Balaban J connectivity index is 1.63. The van der Waals surface area contributed by atoms with Crippen LogP contribution in [-0.2, 0) is 15.2 Å². The molecule has 0 radical (unpaired) electrons. The number of hydrogen-bond donors (Lipinski definition) is 1. The number of fused-ring (bicyclic) bond motifs is 1. The smallest absolute Gasteiger partial charge is 0.201 e. The minimum absolute atomic E-state index is 0.529. The molecule has 0 saturated carbocycles. The number of nitrogens with one attached hydrogen (secondary N) is 1. The number of anilines is 2. The zero-order valence-corrected chi connectivity index (χ0v) is 20.0. The lowest BCUT2D eigenvalue weighted by molar-refractivity contribution is -0.142. The maximum atomic E-state index is 5.79. The van der Waals surface area contributed by atoms with Gasteiger partial charge in [-0.2, -0.15) is 0 Å². The highest BCUT2D eigenvalue weighted by molar-refractivity contribution is 7.98. The summed E-state index contributed by atoms with van der Waals surface area (Å²) < 4.78 is 12.7. The lowest BCUT2D eigenvalue weighted by atomic mass is 9.97. The van der Waals surface area contributed by atoms with Gasteiger partial charge in [0.1, 0.15) is 19.4 Å². The first-order valence-electron chi connectivity index (χ1n) is 10.6. The Kier molecular flexibility index (Phi) is 7.75. The Bertz CT molecular complexity index is 1170. The Morgan fingerprint density at radius 2 is 1.78 bits per heavy atom. The average molecular weight is 464 g/mol. The van der Waals surface area contributed by atoms with Crippen molar-refractivity contribution in [3.8, 4) is 0 Å². The van der Waals surface area contributed by atoms with E-state index in [9.17, 15) is 0 Å². The molecule has 0 bridgehead atoms. The third-order valence-corrected chi connectivity index (χ3v) is 6.44. The van der Waals surface area contributed by atoms with E-state index in [-0.39, 0.29) is 0 Å². The van der Waals surface area contributed by atoms with Crippen molar-refractivity contribution in [3.05, 3.63) is 65.9 Å². The zero-order chi connectivity index (χ0) is 22.3. The number of hydrogen-bond acceptors (Lipinski definition) is 8. The summed E-state index contributed by atoms with van der Waals surface area (Å²) in [6.07, 6.45) is -0.539. The Morgan fingerprint density at radius 1 is 1.00 bits per heavy atom. The molecule has 6 nitrogen and oxygen atoms in total. The van der Waals surface area contributed by atoms with Gasteiger partial charge in [-0.1, -0.05) is 65.0 Å². The molecule has 0 amide bonds. The van der Waals surface area contributed by atoms with Gasteiger partial charge in [-0.05, 0) is 31.5 Å². The van der Waals surface area contributed by atoms with Gasteiger partial charge in [-0.25, -0.2) is 15.0 Å². The van der Waals surface area contributed by atoms with Gasteiger partial charge in [-0.15, -0.1) is 0 Å². The van der Waals surface area contributed by atoms with Crippen LogP contribution in [-0.4, -0.2) is 36.0 Å². The van der Waals surface area contributed by atoms with Crippen LogP contribution in [0.3, 0.4) is 0 Å². The molecule has 0 atom stereocenters. The summed E-state index contributed by atoms with van der Waals surface area (Å²) >= 11 is 3.19. The first kappa shape index (κ1) is 22.7. The second-order valence-electron chi connectivity index (χ2n) is 7.09. The van der Waals surface area contributed by atoms with Crippen LogP contribution < -0.4 is 10.8 Å². The molecule has 2 aromatic carbocycles. The maximum Gasteiger partial charge on any atom is 0.201 e. The zero-order valence-electron chi connectivity index (χ0n) is 18.4. The van der Waals surface area contributed by atoms with Crippen molar-refractivity contribution in [2.75, 3.05) is 18.5 Å². The van der Waals surface area contributed by atoms with Crippen molar-refractivity contribution < 1.29 is 9.47 Å². The Hall–Kier alpha value is -2.46. The number of thioether (sulfide) groups is 1. The van der Waals surface area contributed by atoms with E-state index in [1.165, 1.54) is 11.0 Å². The van der Waals surface area contributed by atoms with Crippen LogP contribution in [0.4, 0.5) is 10.9 Å². The van der Waals surface area contributed by atoms with Crippen molar-refractivity contribution >= 4 is 57.6 Å². The fraction of sp³-hybridized carbons (Fsp3) is 0.261. The van der Waals surface area contributed by atoms with Gasteiger partial charge in [0, 0.05) is 25.0 Å². The molecule has 0 aliphatic heterocycles. The average Bonchev–Trinajstić information content (AvgIpc) is 3.19. The predicted octanol–water partition coefficient (Wildman–Crippen LogP) is 4.45. The molecule has 0 unspecified atom stereocenters. The molecular weight excluding hydrogens is 439 g/mol. The second-order valence-corrected chi connectivity index (χ2v) is 9.07. The highest BCUT2D eigenvalue weighted by Gasteiger charge is 2.17. The molecule has 2 aromatic heterocycles. The molecule has 0 spiro atoms. The molecule has 0 aliphatic carbocycles. The summed E-state index contributed by atoms with van der Waals surface area (Å²) in [5.74, 6) is 1.45. The van der Waals surface area contributed by atoms with Gasteiger partial charge in [0.05, 0.1) is 10.2 Å². The number of aromatic nitrogens is 3. The van der Waals surface area contributed by atoms with Crippen molar-refractivity contribution in [2.45, 2.75) is 31.0 Å². The molecule has 164 valence electrons. The molecular formula is C23H25BN4O2S2. The first-order valence-corrected chi connectivity index (χ1v) is 12.4. The van der Waals surface area contributed by atoms with E-state index in [4.69, 9.17) is 24.4 Å². The van der Waals surface area contributed by atoms with Crippen LogP contribution in [0.25, 0.3) is 10.2 Å². The van der Waals surface area contributed by atoms with Crippen LogP contribution in [0.15, 0.2) is 59.8 Å². The number of nitrogens with zero attached hydrogens (tertiary/aromatic N) is 3.